The molecule has 1 aromatic heterocycles. The molecule has 26 heavy (non-hydrogen) atoms. The fourth-order valence-electron chi connectivity index (χ4n) is 3.30. The first kappa shape index (κ1) is 16.0. The Bertz CT molecular complexity index is 1120. The lowest BCUT2D eigenvalue weighted by Crippen LogP contribution is -1.97. The van der Waals surface area contributed by atoms with Crippen LogP contribution in [0.2, 0.25) is 0 Å². The van der Waals surface area contributed by atoms with Crippen molar-refractivity contribution in [2.45, 2.75) is 6.92 Å². The van der Waals surface area contributed by atoms with Gasteiger partial charge in [0.15, 0.2) is 0 Å². The number of aromatic carboxylic acids is 1. The Labute approximate surface area is 151 Å². The highest BCUT2D eigenvalue weighted by Gasteiger charge is 2.13. The van der Waals surface area contributed by atoms with Gasteiger partial charge in [-0.2, -0.15) is 0 Å². The van der Waals surface area contributed by atoms with Crippen LogP contribution in [0.4, 0.5) is 0 Å². The van der Waals surface area contributed by atoms with Crippen LogP contribution in [0.5, 0.6) is 0 Å². The number of aryl methyl sites for hydroxylation is 1. The van der Waals surface area contributed by atoms with Crippen LogP contribution in [0.25, 0.3) is 33.2 Å². The first-order valence-corrected chi connectivity index (χ1v) is 8.43. The number of rotatable bonds is 3. The van der Waals surface area contributed by atoms with Gasteiger partial charge < -0.3 is 5.11 Å². The molecule has 3 aromatic carbocycles. The van der Waals surface area contributed by atoms with E-state index in [2.05, 4.69) is 29.2 Å². The Hall–Kier alpha value is -3.46. The average molecular weight is 339 g/mol. The number of carbonyl (C=O) groups is 1. The van der Waals surface area contributed by atoms with Crippen molar-refractivity contribution in [1.82, 2.24) is 4.98 Å². The maximum absolute atomic E-state index is 11.4. The molecular formula is C23H17NO2. The zero-order chi connectivity index (χ0) is 18.1. The van der Waals surface area contributed by atoms with E-state index in [1.54, 1.807) is 18.2 Å². The number of benzene rings is 3. The summed E-state index contributed by atoms with van der Waals surface area (Å²) in [6.45, 7) is 1.96. The molecular weight excluding hydrogens is 322 g/mol. The largest absolute Gasteiger partial charge is 0.478 e. The van der Waals surface area contributed by atoms with Crippen molar-refractivity contribution in [3.05, 3.63) is 90.1 Å². The van der Waals surface area contributed by atoms with E-state index in [9.17, 15) is 9.90 Å². The lowest BCUT2D eigenvalue weighted by atomic mass is 9.92. The molecule has 0 saturated carbocycles. The summed E-state index contributed by atoms with van der Waals surface area (Å²) in [5, 5.41) is 10.2. The van der Waals surface area contributed by atoms with Crippen molar-refractivity contribution in [3.8, 4) is 22.3 Å². The second-order valence-corrected chi connectivity index (χ2v) is 6.26. The maximum atomic E-state index is 11.4. The number of nitrogens with zero attached hydrogens (tertiary/aromatic N) is 1. The number of pyridine rings is 1. The molecule has 0 amide bonds. The zero-order valence-electron chi connectivity index (χ0n) is 14.3. The number of hydrogen-bond acceptors (Lipinski definition) is 2. The molecule has 0 fully saturated rings. The van der Waals surface area contributed by atoms with Crippen LogP contribution in [0.3, 0.4) is 0 Å². The number of aromatic nitrogens is 1. The molecule has 0 spiro atoms. The molecule has 0 aliphatic carbocycles. The number of carboxylic acid groups (broad SMARTS) is 1. The minimum atomic E-state index is -0.935. The summed E-state index contributed by atoms with van der Waals surface area (Å²) >= 11 is 0. The summed E-state index contributed by atoms with van der Waals surface area (Å²) < 4.78 is 0. The number of hydrogen-bond donors (Lipinski definition) is 1. The Kier molecular flexibility index (Phi) is 3.98. The van der Waals surface area contributed by atoms with Crippen molar-refractivity contribution in [2.75, 3.05) is 0 Å². The highest BCUT2D eigenvalue weighted by atomic mass is 16.4. The highest BCUT2D eigenvalue weighted by Crippen LogP contribution is 2.36. The average Bonchev–Trinajstić information content (AvgIpc) is 2.67. The van der Waals surface area contributed by atoms with Gasteiger partial charge >= 0.3 is 5.97 Å². The fraction of sp³-hybridized carbons (Fsp3) is 0.0435. The smallest absolute Gasteiger partial charge is 0.335 e. The second-order valence-electron chi connectivity index (χ2n) is 6.26. The first-order valence-electron chi connectivity index (χ1n) is 8.43. The van der Waals surface area contributed by atoms with Gasteiger partial charge in [0.25, 0.3) is 0 Å². The zero-order valence-corrected chi connectivity index (χ0v) is 14.3. The summed E-state index contributed by atoms with van der Waals surface area (Å²) in [5.41, 5.74) is 6.26. The van der Waals surface area contributed by atoms with E-state index in [1.165, 1.54) is 0 Å². The first-order chi connectivity index (χ1) is 12.6. The van der Waals surface area contributed by atoms with Crippen molar-refractivity contribution in [2.24, 2.45) is 0 Å². The van der Waals surface area contributed by atoms with Crippen LogP contribution < -0.4 is 0 Å². The summed E-state index contributed by atoms with van der Waals surface area (Å²) in [5.74, 6) is -0.935. The van der Waals surface area contributed by atoms with Crippen LogP contribution in [0.1, 0.15) is 16.1 Å². The summed E-state index contributed by atoms with van der Waals surface area (Å²) in [4.78, 5) is 16.0. The van der Waals surface area contributed by atoms with Crippen molar-refractivity contribution in [3.63, 3.8) is 0 Å². The van der Waals surface area contributed by atoms with Gasteiger partial charge in [-0.05, 0) is 53.4 Å². The molecule has 126 valence electrons. The topological polar surface area (TPSA) is 50.2 Å². The van der Waals surface area contributed by atoms with Gasteiger partial charge in [-0.1, -0.05) is 54.6 Å². The van der Waals surface area contributed by atoms with E-state index in [4.69, 9.17) is 0 Å². The molecule has 0 bridgehead atoms. The fourth-order valence-corrected chi connectivity index (χ4v) is 3.30. The quantitative estimate of drug-likeness (QED) is 0.530. The third kappa shape index (κ3) is 2.84. The van der Waals surface area contributed by atoms with E-state index in [0.29, 0.717) is 0 Å². The predicted octanol–water partition coefficient (Wildman–Crippen LogP) is 5.58. The molecule has 0 aliphatic heterocycles. The molecule has 1 N–H and O–H groups in total. The van der Waals surface area contributed by atoms with Crippen LogP contribution >= 0.6 is 0 Å². The monoisotopic (exact) mass is 339 g/mol. The Morgan fingerprint density at radius 3 is 2.23 bits per heavy atom. The molecule has 3 heteroatoms. The number of fused-ring (bicyclic) bond motifs is 1. The summed E-state index contributed by atoms with van der Waals surface area (Å²) in [6.07, 6.45) is 0. The van der Waals surface area contributed by atoms with Gasteiger partial charge in [-0.15, -0.1) is 0 Å². The standard InChI is InChI=1S/C23H17NO2/c1-15-13-20(21-14-17(23(25)26)11-12-22(21)24-15)19-10-6-5-9-18(19)16-7-3-2-4-8-16/h2-14H,1H3,(H,25,26). The Morgan fingerprint density at radius 2 is 1.50 bits per heavy atom. The van der Waals surface area contributed by atoms with Gasteiger partial charge in [-0.3, -0.25) is 4.98 Å². The van der Waals surface area contributed by atoms with Crippen molar-refractivity contribution < 1.29 is 9.90 Å². The molecule has 0 saturated heterocycles. The van der Waals surface area contributed by atoms with Crippen LogP contribution in [-0.4, -0.2) is 16.1 Å². The second kappa shape index (κ2) is 6.45. The molecule has 0 radical (unpaired) electrons. The van der Waals surface area contributed by atoms with Crippen molar-refractivity contribution in [1.29, 1.82) is 0 Å². The molecule has 0 atom stereocenters. The third-order valence-corrected chi connectivity index (χ3v) is 4.49. The molecule has 0 aliphatic rings. The highest BCUT2D eigenvalue weighted by molar-refractivity contribution is 6.02. The molecule has 4 rings (SSSR count). The SMILES string of the molecule is Cc1cc(-c2ccccc2-c2ccccc2)c2cc(C(=O)O)ccc2n1. The number of carboxylic acids is 1. The van der Waals surface area contributed by atoms with Crippen LogP contribution in [-0.2, 0) is 0 Å². The van der Waals surface area contributed by atoms with E-state index < -0.39 is 5.97 Å². The van der Waals surface area contributed by atoms with Crippen LogP contribution in [0, 0.1) is 6.92 Å². The normalized spacial score (nSPS) is 10.8. The van der Waals surface area contributed by atoms with Gasteiger partial charge in [-0.25, -0.2) is 4.79 Å². The van der Waals surface area contributed by atoms with Gasteiger partial charge in [0.2, 0.25) is 0 Å². The van der Waals surface area contributed by atoms with Gasteiger partial charge in [0.1, 0.15) is 0 Å². The van der Waals surface area contributed by atoms with Crippen molar-refractivity contribution >= 4 is 16.9 Å². The van der Waals surface area contributed by atoms with Gasteiger partial charge in [0.05, 0.1) is 11.1 Å². The minimum absolute atomic E-state index is 0.265. The molecule has 3 nitrogen and oxygen atoms in total. The molecule has 4 aromatic rings. The lowest BCUT2D eigenvalue weighted by molar-refractivity contribution is 0.0697. The lowest BCUT2D eigenvalue weighted by Gasteiger charge is -2.14. The molecule has 0 unspecified atom stereocenters. The van der Waals surface area contributed by atoms with Crippen LogP contribution in [0.15, 0.2) is 78.9 Å². The van der Waals surface area contributed by atoms with E-state index in [1.807, 2.05) is 43.3 Å². The van der Waals surface area contributed by atoms with Gasteiger partial charge in [0, 0.05) is 11.1 Å². The summed E-state index contributed by atoms with van der Waals surface area (Å²) in [6, 6.07) is 25.5. The third-order valence-electron chi connectivity index (χ3n) is 4.49. The summed E-state index contributed by atoms with van der Waals surface area (Å²) in [7, 11) is 0. The van der Waals surface area contributed by atoms with E-state index in [-0.39, 0.29) is 5.56 Å². The minimum Gasteiger partial charge on any atom is -0.478 e. The molecule has 1 heterocycles. The van der Waals surface area contributed by atoms with E-state index in [0.717, 1.165) is 38.9 Å². The maximum Gasteiger partial charge on any atom is 0.335 e. The Morgan fingerprint density at radius 1 is 0.808 bits per heavy atom. The predicted molar refractivity (Wildman–Crippen MR) is 104 cm³/mol. The Balaban J connectivity index is 2.04. The van der Waals surface area contributed by atoms with E-state index >= 15 is 0 Å².